The van der Waals surface area contributed by atoms with E-state index in [9.17, 15) is 9.90 Å². The third kappa shape index (κ3) is 3.65. The van der Waals surface area contributed by atoms with Gasteiger partial charge in [-0.1, -0.05) is 18.2 Å². The number of aliphatic hydroxyl groups is 1. The van der Waals surface area contributed by atoms with Gasteiger partial charge in [-0.3, -0.25) is 0 Å². The summed E-state index contributed by atoms with van der Waals surface area (Å²) >= 11 is 1.52. The van der Waals surface area contributed by atoms with Gasteiger partial charge in [0, 0.05) is 12.0 Å². The van der Waals surface area contributed by atoms with Crippen molar-refractivity contribution in [1.82, 2.24) is 10.6 Å². The molecule has 0 radical (unpaired) electrons. The largest absolute Gasteiger partial charge is 0.493 e. The van der Waals surface area contributed by atoms with Gasteiger partial charge in [0.25, 0.3) is 0 Å². The fourth-order valence-electron chi connectivity index (χ4n) is 2.63. The van der Waals surface area contributed by atoms with Crippen LogP contribution in [0.15, 0.2) is 41.1 Å². The molecule has 0 saturated carbocycles. The molecule has 23 heavy (non-hydrogen) atoms. The summed E-state index contributed by atoms with van der Waals surface area (Å²) in [6.45, 7) is 2.42. The Labute approximate surface area is 139 Å². The quantitative estimate of drug-likeness (QED) is 0.806. The number of fused-ring (bicyclic) bond motifs is 1. The van der Waals surface area contributed by atoms with E-state index in [0.29, 0.717) is 6.61 Å². The Morgan fingerprint density at radius 3 is 3.04 bits per heavy atom. The van der Waals surface area contributed by atoms with Crippen LogP contribution in [0.5, 0.6) is 5.75 Å². The van der Waals surface area contributed by atoms with Crippen molar-refractivity contribution in [1.29, 1.82) is 0 Å². The van der Waals surface area contributed by atoms with Crippen molar-refractivity contribution in [3.8, 4) is 5.75 Å². The highest BCUT2D eigenvalue weighted by Gasteiger charge is 2.26. The van der Waals surface area contributed by atoms with E-state index >= 15 is 0 Å². The normalized spacial score (nSPS) is 19.1. The number of thiophene rings is 1. The molecule has 122 valence electrons. The molecule has 6 heteroatoms. The van der Waals surface area contributed by atoms with E-state index in [2.05, 4.69) is 10.6 Å². The fourth-order valence-corrected chi connectivity index (χ4v) is 3.41. The second-order valence-corrected chi connectivity index (χ2v) is 6.62. The van der Waals surface area contributed by atoms with Gasteiger partial charge < -0.3 is 20.5 Å². The van der Waals surface area contributed by atoms with Gasteiger partial charge in [-0.2, -0.15) is 11.3 Å². The average Bonchev–Trinajstić information content (AvgIpc) is 3.09. The summed E-state index contributed by atoms with van der Waals surface area (Å²) in [5.74, 6) is 0.814. The number of carbonyl (C=O) groups excluding carboxylic acids is 1. The number of urea groups is 1. The number of hydrogen-bond acceptors (Lipinski definition) is 4. The third-order valence-electron chi connectivity index (χ3n) is 4.00. The van der Waals surface area contributed by atoms with Crippen molar-refractivity contribution in [2.75, 3.05) is 13.2 Å². The summed E-state index contributed by atoms with van der Waals surface area (Å²) in [7, 11) is 0. The molecule has 0 fully saturated rings. The van der Waals surface area contributed by atoms with Crippen molar-refractivity contribution in [3.05, 3.63) is 52.2 Å². The molecule has 3 N–H and O–H groups in total. The second-order valence-electron chi connectivity index (χ2n) is 5.84. The van der Waals surface area contributed by atoms with Crippen LogP contribution >= 0.6 is 11.3 Å². The average molecular weight is 332 g/mol. The van der Waals surface area contributed by atoms with E-state index in [0.717, 1.165) is 23.3 Å². The number of benzene rings is 1. The molecular weight excluding hydrogens is 312 g/mol. The van der Waals surface area contributed by atoms with Gasteiger partial charge in [-0.05, 0) is 35.4 Å². The molecule has 1 aromatic heterocycles. The second kappa shape index (κ2) is 6.60. The lowest BCUT2D eigenvalue weighted by molar-refractivity contribution is 0.0596. The Hall–Kier alpha value is -2.05. The lowest BCUT2D eigenvalue weighted by Gasteiger charge is -2.28. The van der Waals surface area contributed by atoms with E-state index in [4.69, 9.17) is 4.74 Å². The van der Waals surface area contributed by atoms with Crippen molar-refractivity contribution in [3.63, 3.8) is 0 Å². The van der Waals surface area contributed by atoms with Crippen molar-refractivity contribution in [2.24, 2.45) is 0 Å². The number of nitrogens with one attached hydrogen (secondary N) is 2. The van der Waals surface area contributed by atoms with Crippen LogP contribution in [-0.4, -0.2) is 24.3 Å². The molecule has 0 aliphatic carbocycles. The van der Waals surface area contributed by atoms with Crippen LogP contribution in [0.2, 0.25) is 0 Å². The molecule has 3 rings (SSSR count). The summed E-state index contributed by atoms with van der Waals surface area (Å²) in [6.07, 6.45) is 0.728. The summed E-state index contributed by atoms with van der Waals surface area (Å²) in [5.41, 5.74) is 0.711. The maximum absolute atomic E-state index is 12.2. The summed E-state index contributed by atoms with van der Waals surface area (Å²) in [5, 5.41) is 19.9. The number of rotatable bonds is 4. The smallest absolute Gasteiger partial charge is 0.315 e. The van der Waals surface area contributed by atoms with E-state index in [1.54, 1.807) is 6.92 Å². The molecule has 2 heterocycles. The van der Waals surface area contributed by atoms with E-state index in [-0.39, 0.29) is 18.6 Å². The highest BCUT2D eigenvalue weighted by molar-refractivity contribution is 7.08. The van der Waals surface area contributed by atoms with Gasteiger partial charge in [-0.15, -0.1) is 0 Å². The van der Waals surface area contributed by atoms with Crippen LogP contribution in [0.1, 0.15) is 30.5 Å². The zero-order chi connectivity index (χ0) is 16.3. The SMILES string of the molecule is CC(O)(CNC(=O)NC1CCOc2ccccc21)c1ccsc1. The monoisotopic (exact) mass is 332 g/mol. The highest BCUT2D eigenvalue weighted by atomic mass is 32.1. The standard InChI is InChI=1S/C17H20N2O3S/c1-17(21,12-7-9-23-10-12)11-18-16(20)19-14-6-8-22-15-5-3-2-4-13(14)15/h2-5,7,9-10,14,21H,6,8,11H2,1H3,(H2,18,19,20). The van der Waals surface area contributed by atoms with Gasteiger partial charge in [0.2, 0.25) is 0 Å². The van der Waals surface area contributed by atoms with Gasteiger partial charge >= 0.3 is 6.03 Å². The van der Waals surface area contributed by atoms with E-state index in [1.807, 2.05) is 41.1 Å². The first-order valence-corrected chi connectivity index (χ1v) is 8.52. The Kier molecular flexibility index (Phi) is 4.54. The first kappa shape index (κ1) is 15.8. The molecule has 1 aromatic carbocycles. The van der Waals surface area contributed by atoms with E-state index in [1.165, 1.54) is 11.3 Å². The van der Waals surface area contributed by atoms with Crippen LogP contribution in [0.4, 0.5) is 4.79 Å². The third-order valence-corrected chi connectivity index (χ3v) is 4.68. The van der Waals surface area contributed by atoms with Crippen LogP contribution < -0.4 is 15.4 Å². The molecule has 0 bridgehead atoms. The Bertz CT molecular complexity index is 670. The maximum atomic E-state index is 12.2. The van der Waals surface area contributed by atoms with Crippen LogP contribution in [0.25, 0.3) is 0 Å². The Morgan fingerprint density at radius 2 is 2.26 bits per heavy atom. The molecule has 2 atom stereocenters. The number of para-hydroxylation sites is 1. The molecule has 0 saturated heterocycles. The zero-order valence-corrected chi connectivity index (χ0v) is 13.7. The minimum atomic E-state index is -1.08. The first-order chi connectivity index (χ1) is 11.1. The van der Waals surface area contributed by atoms with Crippen molar-refractivity contribution in [2.45, 2.75) is 25.0 Å². The minimum absolute atomic E-state index is 0.0777. The van der Waals surface area contributed by atoms with Crippen molar-refractivity contribution < 1.29 is 14.6 Å². The van der Waals surface area contributed by atoms with Crippen LogP contribution in [0.3, 0.4) is 0 Å². The summed E-state index contributed by atoms with van der Waals surface area (Å²) in [6, 6.07) is 9.21. The fraction of sp³-hybridized carbons (Fsp3) is 0.353. The highest BCUT2D eigenvalue weighted by Crippen LogP contribution is 2.31. The summed E-state index contributed by atoms with van der Waals surface area (Å²) < 4.78 is 5.59. The maximum Gasteiger partial charge on any atom is 0.315 e. The topological polar surface area (TPSA) is 70.6 Å². The lowest BCUT2D eigenvalue weighted by Crippen LogP contribution is -2.45. The van der Waals surface area contributed by atoms with Crippen LogP contribution in [-0.2, 0) is 5.60 Å². The molecule has 5 nitrogen and oxygen atoms in total. The first-order valence-electron chi connectivity index (χ1n) is 7.57. The molecule has 1 aliphatic rings. The Balaban J connectivity index is 1.58. The molecule has 2 aromatic rings. The predicted molar refractivity (Wildman–Crippen MR) is 89.7 cm³/mol. The molecule has 2 unspecified atom stereocenters. The number of ether oxygens (including phenoxy) is 1. The van der Waals surface area contributed by atoms with Gasteiger partial charge in [-0.25, -0.2) is 4.79 Å². The minimum Gasteiger partial charge on any atom is -0.493 e. The Morgan fingerprint density at radius 1 is 1.43 bits per heavy atom. The number of amides is 2. The van der Waals surface area contributed by atoms with Crippen molar-refractivity contribution >= 4 is 17.4 Å². The molecular formula is C17H20N2O3S. The number of carbonyl (C=O) groups is 1. The van der Waals surface area contributed by atoms with Crippen LogP contribution in [0, 0.1) is 0 Å². The lowest BCUT2D eigenvalue weighted by atomic mass is 9.99. The van der Waals surface area contributed by atoms with Gasteiger partial charge in [0.1, 0.15) is 11.4 Å². The molecule has 2 amide bonds. The molecule has 1 aliphatic heterocycles. The zero-order valence-electron chi connectivity index (χ0n) is 12.9. The number of hydrogen-bond donors (Lipinski definition) is 3. The van der Waals surface area contributed by atoms with Gasteiger partial charge in [0.15, 0.2) is 0 Å². The van der Waals surface area contributed by atoms with Gasteiger partial charge in [0.05, 0.1) is 19.2 Å². The molecule has 0 spiro atoms. The summed E-state index contributed by atoms with van der Waals surface area (Å²) in [4.78, 5) is 12.2. The predicted octanol–water partition coefficient (Wildman–Crippen LogP) is 2.78. The van der Waals surface area contributed by atoms with E-state index < -0.39 is 5.60 Å².